The molecule has 1 unspecified atom stereocenters. The lowest BCUT2D eigenvalue weighted by Crippen LogP contribution is -2.25. The van der Waals surface area contributed by atoms with Gasteiger partial charge in [-0.25, -0.2) is 4.99 Å². The van der Waals surface area contributed by atoms with Gasteiger partial charge in [0.2, 0.25) is 0 Å². The van der Waals surface area contributed by atoms with E-state index in [1.54, 1.807) is 0 Å². The summed E-state index contributed by atoms with van der Waals surface area (Å²) in [5.41, 5.74) is 5.25. The van der Waals surface area contributed by atoms with Crippen LogP contribution < -0.4 is 0 Å². The Morgan fingerprint density at radius 2 is 2.04 bits per heavy atom. The van der Waals surface area contributed by atoms with E-state index in [0.29, 0.717) is 12.0 Å². The zero-order valence-corrected chi connectivity index (χ0v) is 14.8. The lowest BCUT2D eigenvalue weighted by Gasteiger charge is -2.35. The summed E-state index contributed by atoms with van der Waals surface area (Å²) in [6, 6.07) is 4.63. The molecule has 0 aromatic heterocycles. The normalized spacial score (nSPS) is 22.3. The van der Waals surface area contributed by atoms with Crippen molar-refractivity contribution in [2.45, 2.75) is 58.5 Å². The van der Waals surface area contributed by atoms with Crippen molar-refractivity contribution in [1.29, 1.82) is 0 Å². The van der Waals surface area contributed by atoms with Crippen LogP contribution in [0.1, 0.15) is 61.8 Å². The number of aliphatic imine (C=N–C) groups is 1. The fraction of sp³-hybridized carbons (Fsp3) is 0.650. The molecule has 0 N–H and O–H groups in total. The highest BCUT2D eigenvalue weighted by molar-refractivity contribution is 5.64. The maximum absolute atomic E-state index is 6.21. The van der Waals surface area contributed by atoms with E-state index in [-0.39, 0.29) is 0 Å². The van der Waals surface area contributed by atoms with E-state index >= 15 is 0 Å². The van der Waals surface area contributed by atoms with Gasteiger partial charge in [-0.3, -0.25) is 0 Å². The molecule has 3 rings (SSSR count). The van der Waals surface area contributed by atoms with Crippen LogP contribution in [0.2, 0.25) is 0 Å². The molecule has 0 bridgehead atoms. The van der Waals surface area contributed by atoms with Crippen LogP contribution in [-0.4, -0.2) is 31.4 Å². The molecule has 0 amide bonds. The van der Waals surface area contributed by atoms with Crippen molar-refractivity contribution in [3.8, 4) is 0 Å². The molecule has 1 aromatic rings. The van der Waals surface area contributed by atoms with E-state index in [1.807, 2.05) is 6.34 Å². The largest absolute Gasteiger partial charge is 0.373 e. The molecule has 126 valence electrons. The molecule has 1 saturated carbocycles. The van der Waals surface area contributed by atoms with E-state index in [1.165, 1.54) is 48.8 Å². The summed E-state index contributed by atoms with van der Waals surface area (Å²) in [5, 5.41) is 0. The SMILES string of the molecule is CCN(C)/C=N/c1cc2c(cc1C)C(C1CCCCC1)OCC2. The van der Waals surface area contributed by atoms with Crippen molar-refractivity contribution in [2.75, 3.05) is 20.2 Å². The van der Waals surface area contributed by atoms with Crippen molar-refractivity contribution >= 4 is 12.0 Å². The molecule has 0 radical (unpaired) electrons. The molecule has 3 heteroatoms. The third kappa shape index (κ3) is 3.77. The van der Waals surface area contributed by atoms with Crippen LogP contribution in [0.4, 0.5) is 5.69 Å². The van der Waals surface area contributed by atoms with Crippen molar-refractivity contribution < 1.29 is 4.74 Å². The molecule has 1 aliphatic heterocycles. The zero-order chi connectivity index (χ0) is 16.2. The highest BCUT2D eigenvalue weighted by Gasteiger charge is 2.30. The van der Waals surface area contributed by atoms with Crippen LogP contribution in [-0.2, 0) is 11.2 Å². The number of hydrogen-bond donors (Lipinski definition) is 0. The molecule has 3 nitrogen and oxygen atoms in total. The highest BCUT2D eigenvalue weighted by Crippen LogP contribution is 2.41. The van der Waals surface area contributed by atoms with Gasteiger partial charge in [-0.15, -0.1) is 0 Å². The summed E-state index contributed by atoms with van der Waals surface area (Å²) in [6.07, 6.45) is 10.0. The van der Waals surface area contributed by atoms with Crippen LogP contribution in [0.3, 0.4) is 0 Å². The quantitative estimate of drug-likeness (QED) is 0.589. The molecule has 1 aliphatic carbocycles. The Labute approximate surface area is 140 Å². The minimum absolute atomic E-state index is 0.314. The first-order valence-electron chi connectivity index (χ1n) is 9.18. The summed E-state index contributed by atoms with van der Waals surface area (Å²) in [6.45, 7) is 6.14. The van der Waals surface area contributed by atoms with Crippen LogP contribution >= 0.6 is 0 Å². The summed E-state index contributed by atoms with van der Waals surface area (Å²) in [5.74, 6) is 0.711. The van der Waals surface area contributed by atoms with Gasteiger partial charge in [-0.2, -0.15) is 0 Å². The number of rotatable bonds is 4. The summed E-state index contributed by atoms with van der Waals surface area (Å²) >= 11 is 0. The molecule has 2 aliphatic rings. The predicted octanol–water partition coefficient (Wildman–Crippen LogP) is 4.80. The second-order valence-electron chi connectivity index (χ2n) is 7.09. The molecule has 0 spiro atoms. The van der Waals surface area contributed by atoms with Crippen LogP contribution in [0.15, 0.2) is 17.1 Å². The highest BCUT2D eigenvalue weighted by atomic mass is 16.5. The van der Waals surface area contributed by atoms with E-state index < -0.39 is 0 Å². The predicted molar refractivity (Wildman–Crippen MR) is 96.6 cm³/mol. The van der Waals surface area contributed by atoms with E-state index in [4.69, 9.17) is 4.74 Å². The van der Waals surface area contributed by atoms with Crippen molar-refractivity contribution in [3.63, 3.8) is 0 Å². The van der Waals surface area contributed by atoms with Gasteiger partial charge < -0.3 is 9.64 Å². The second kappa shape index (κ2) is 7.48. The lowest BCUT2D eigenvalue weighted by molar-refractivity contribution is -0.0103. The van der Waals surface area contributed by atoms with Gasteiger partial charge in [0.25, 0.3) is 0 Å². The van der Waals surface area contributed by atoms with Crippen molar-refractivity contribution in [3.05, 3.63) is 28.8 Å². The average molecular weight is 314 g/mol. The molecule has 1 fully saturated rings. The number of aryl methyl sites for hydroxylation is 1. The standard InChI is InChI=1S/C20H30N2O/c1-4-22(3)14-21-19-13-17-10-11-23-20(18(17)12-15(19)2)16-8-6-5-7-9-16/h12-14,16,20H,4-11H2,1-3H3/b21-14+. The maximum Gasteiger partial charge on any atom is 0.0909 e. The minimum atomic E-state index is 0.314. The second-order valence-corrected chi connectivity index (χ2v) is 7.09. The van der Waals surface area contributed by atoms with Gasteiger partial charge in [-0.1, -0.05) is 25.3 Å². The number of nitrogens with zero attached hydrogens (tertiary/aromatic N) is 2. The van der Waals surface area contributed by atoms with Gasteiger partial charge >= 0.3 is 0 Å². The summed E-state index contributed by atoms with van der Waals surface area (Å²) in [4.78, 5) is 6.79. The molecular weight excluding hydrogens is 284 g/mol. The van der Waals surface area contributed by atoms with Gasteiger partial charge in [0.15, 0.2) is 0 Å². The van der Waals surface area contributed by atoms with Crippen LogP contribution in [0.5, 0.6) is 0 Å². The van der Waals surface area contributed by atoms with Gasteiger partial charge in [0, 0.05) is 13.6 Å². The Balaban J connectivity index is 1.86. The van der Waals surface area contributed by atoms with Gasteiger partial charge in [0.1, 0.15) is 0 Å². The summed E-state index contributed by atoms with van der Waals surface area (Å²) in [7, 11) is 2.06. The summed E-state index contributed by atoms with van der Waals surface area (Å²) < 4.78 is 6.21. The molecule has 1 heterocycles. The third-order valence-corrected chi connectivity index (χ3v) is 5.40. The Morgan fingerprint density at radius 3 is 2.78 bits per heavy atom. The fourth-order valence-electron chi connectivity index (χ4n) is 3.84. The number of hydrogen-bond acceptors (Lipinski definition) is 2. The van der Waals surface area contributed by atoms with Crippen LogP contribution in [0.25, 0.3) is 0 Å². The van der Waals surface area contributed by atoms with Crippen molar-refractivity contribution in [2.24, 2.45) is 10.9 Å². The minimum Gasteiger partial charge on any atom is -0.373 e. The Kier molecular flexibility index (Phi) is 5.37. The van der Waals surface area contributed by atoms with Gasteiger partial charge in [-0.05, 0) is 61.8 Å². The smallest absolute Gasteiger partial charge is 0.0909 e. The first kappa shape index (κ1) is 16.5. The number of benzene rings is 1. The Morgan fingerprint density at radius 1 is 1.26 bits per heavy atom. The Bertz CT molecular complexity index is 561. The third-order valence-electron chi connectivity index (χ3n) is 5.40. The number of ether oxygens (including phenoxy) is 1. The maximum atomic E-state index is 6.21. The molecule has 1 aromatic carbocycles. The molecule has 1 atom stereocenters. The average Bonchev–Trinajstić information content (AvgIpc) is 2.60. The van der Waals surface area contributed by atoms with E-state index in [9.17, 15) is 0 Å². The van der Waals surface area contributed by atoms with Crippen molar-refractivity contribution in [1.82, 2.24) is 4.90 Å². The lowest BCUT2D eigenvalue weighted by atomic mass is 9.80. The first-order chi connectivity index (χ1) is 11.2. The Hall–Kier alpha value is -1.35. The fourth-order valence-corrected chi connectivity index (χ4v) is 3.84. The van der Waals surface area contributed by atoms with E-state index in [2.05, 4.69) is 42.9 Å². The topological polar surface area (TPSA) is 24.8 Å². The molecule has 23 heavy (non-hydrogen) atoms. The molecule has 0 saturated heterocycles. The van der Waals surface area contributed by atoms with Crippen LogP contribution in [0, 0.1) is 12.8 Å². The zero-order valence-electron chi connectivity index (χ0n) is 14.8. The molecular formula is C20H30N2O. The van der Waals surface area contributed by atoms with Gasteiger partial charge in [0.05, 0.1) is 24.7 Å². The van der Waals surface area contributed by atoms with E-state index in [0.717, 1.165) is 25.3 Å². The monoisotopic (exact) mass is 314 g/mol. The first-order valence-corrected chi connectivity index (χ1v) is 9.18. The number of fused-ring (bicyclic) bond motifs is 1.